The van der Waals surface area contributed by atoms with E-state index in [1.807, 2.05) is 23.4 Å². The first-order valence-corrected chi connectivity index (χ1v) is 8.38. The van der Waals surface area contributed by atoms with Gasteiger partial charge in [0.15, 0.2) is 5.75 Å². The first-order chi connectivity index (χ1) is 10.3. The maximum absolute atomic E-state index is 6.04. The second-order valence-corrected chi connectivity index (χ2v) is 6.43. The van der Waals surface area contributed by atoms with E-state index in [1.165, 1.54) is 16.0 Å². The van der Waals surface area contributed by atoms with E-state index in [4.69, 9.17) is 4.84 Å². The van der Waals surface area contributed by atoms with E-state index in [-0.39, 0.29) is 0 Å². The summed E-state index contributed by atoms with van der Waals surface area (Å²) in [6.07, 6.45) is 8.71. The lowest BCUT2D eigenvalue weighted by Gasteiger charge is -2.21. The monoisotopic (exact) mass is 299 g/mol. The highest BCUT2D eigenvalue weighted by molar-refractivity contribution is 7.09. The number of thiophene rings is 1. The van der Waals surface area contributed by atoms with Gasteiger partial charge in [0, 0.05) is 24.0 Å². The van der Waals surface area contributed by atoms with Crippen molar-refractivity contribution in [2.45, 2.75) is 25.7 Å². The highest BCUT2D eigenvalue weighted by atomic mass is 32.1. The topological polar surface area (TPSA) is 12.5 Å². The van der Waals surface area contributed by atoms with Gasteiger partial charge in [-0.1, -0.05) is 30.4 Å². The predicted octanol–water partition coefficient (Wildman–Crippen LogP) is 4.26. The standard InChI is InChI=1S/C18H21NOS/c1-19(13-5-9-16-10-6-14-21-16)20-18-12-4-8-15-7-2-3-11-17(15)18/h2-4,6,8,10,12,14H,5,7,9,11,13H2,1H3. The Labute approximate surface area is 130 Å². The van der Waals surface area contributed by atoms with Crippen molar-refractivity contribution in [3.63, 3.8) is 0 Å². The van der Waals surface area contributed by atoms with E-state index in [2.05, 4.69) is 47.9 Å². The number of allylic oxidation sites excluding steroid dienone is 2. The molecule has 0 fully saturated rings. The largest absolute Gasteiger partial charge is 0.406 e. The van der Waals surface area contributed by atoms with Crippen molar-refractivity contribution in [1.29, 1.82) is 0 Å². The molecule has 2 aromatic rings. The molecule has 0 spiro atoms. The number of benzene rings is 1. The number of hydrogen-bond donors (Lipinski definition) is 0. The van der Waals surface area contributed by atoms with E-state index in [0.717, 1.165) is 38.0 Å². The Hall–Kier alpha value is -1.58. The first-order valence-electron chi connectivity index (χ1n) is 7.50. The second-order valence-electron chi connectivity index (χ2n) is 5.40. The van der Waals surface area contributed by atoms with Gasteiger partial charge in [-0.2, -0.15) is 0 Å². The Morgan fingerprint density at radius 3 is 2.90 bits per heavy atom. The fraction of sp³-hybridized carbons (Fsp3) is 0.333. The van der Waals surface area contributed by atoms with Crippen LogP contribution in [0.1, 0.15) is 22.4 Å². The molecule has 21 heavy (non-hydrogen) atoms. The number of hydrogen-bond acceptors (Lipinski definition) is 3. The fourth-order valence-corrected chi connectivity index (χ4v) is 3.43. The molecule has 110 valence electrons. The molecule has 1 aromatic carbocycles. The Morgan fingerprint density at radius 2 is 2.05 bits per heavy atom. The molecule has 1 aliphatic rings. The zero-order valence-electron chi connectivity index (χ0n) is 12.4. The van der Waals surface area contributed by atoms with E-state index >= 15 is 0 Å². The zero-order chi connectivity index (χ0) is 14.5. The molecule has 0 N–H and O–H groups in total. The van der Waals surface area contributed by atoms with Crippen molar-refractivity contribution < 1.29 is 4.84 Å². The van der Waals surface area contributed by atoms with Gasteiger partial charge in [0.1, 0.15) is 0 Å². The van der Waals surface area contributed by atoms with Gasteiger partial charge in [0.05, 0.1) is 0 Å². The van der Waals surface area contributed by atoms with E-state index in [9.17, 15) is 0 Å². The van der Waals surface area contributed by atoms with Crippen molar-refractivity contribution in [2.24, 2.45) is 0 Å². The maximum Gasteiger partial charge on any atom is 0.151 e. The van der Waals surface area contributed by atoms with Crippen LogP contribution in [0.4, 0.5) is 0 Å². The minimum absolute atomic E-state index is 0.942. The van der Waals surface area contributed by atoms with Crippen molar-refractivity contribution in [2.75, 3.05) is 13.6 Å². The number of rotatable bonds is 6. The number of hydroxylamine groups is 2. The lowest BCUT2D eigenvalue weighted by Crippen LogP contribution is -2.25. The molecule has 0 aliphatic heterocycles. The molecule has 1 aliphatic carbocycles. The molecule has 0 amide bonds. The Bertz CT molecular complexity index is 604. The fourth-order valence-electron chi connectivity index (χ4n) is 2.68. The quantitative estimate of drug-likeness (QED) is 0.583. The van der Waals surface area contributed by atoms with Gasteiger partial charge in [-0.15, -0.1) is 16.4 Å². The highest BCUT2D eigenvalue weighted by Gasteiger charge is 2.12. The SMILES string of the molecule is CN(CCCc1cccs1)Oc1cccc2c1CC=CC2. The molecule has 0 saturated carbocycles. The summed E-state index contributed by atoms with van der Waals surface area (Å²) in [6, 6.07) is 10.7. The third-order valence-corrected chi connectivity index (χ3v) is 4.72. The summed E-state index contributed by atoms with van der Waals surface area (Å²) >= 11 is 1.83. The van der Waals surface area contributed by atoms with Crippen LogP contribution >= 0.6 is 11.3 Å². The summed E-state index contributed by atoms with van der Waals surface area (Å²) in [4.78, 5) is 7.48. The summed E-state index contributed by atoms with van der Waals surface area (Å²) in [5.41, 5.74) is 2.73. The Balaban J connectivity index is 1.54. The first kappa shape index (κ1) is 14.4. The summed E-state index contributed by atoms with van der Waals surface area (Å²) < 4.78 is 0. The van der Waals surface area contributed by atoms with Gasteiger partial charge in [0.2, 0.25) is 0 Å². The van der Waals surface area contributed by atoms with Gasteiger partial charge >= 0.3 is 0 Å². The Morgan fingerprint density at radius 1 is 1.14 bits per heavy atom. The molecule has 0 atom stereocenters. The highest BCUT2D eigenvalue weighted by Crippen LogP contribution is 2.27. The van der Waals surface area contributed by atoms with E-state index in [1.54, 1.807) is 0 Å². The molecule has 0 bridgehead atoms. The average molecular weight is 299 g/mol. The van der Waals surface area contributed by atoms with Crippen LogP contribution in [0.15, 0.2) is 47.9 Å². The summed E-state index contributed by atoms with van der Waals surface area (Å²) in [5, 5.41) is 4.10. The van der Waals surface area contributed by atoms with Crippen molar-refractivity contribution in [3.05, 3.63) is 63.9 Å². The third-order valence-electron chi connectivity index (χ3n) is 3.79. The molecule has 3 rings (SSSR count). The second kappa shape index (κ2) is 6.92. The molecule has 3 heteroatoms. The van der Waals surface area contributed by atoms with E-state index in [0.29, 0.717) is 0 Å². The maximum atomic E-state index is 6.04. The van der Waals surface area contributed by atoms with Crippen LogP contribution in [0.3, 0.4) is 0 Å². The van der Waals surface area contributed by atoms with Crippen LogP contribution < -0.4 is 4.84 Å². The predicted molar refractivity (Wildman–Crippen MR) is 88.9 cm³/mol. The van der Waals surface area contributed by atoms with Crippen molar-refractivity contribution >= 4 is 11.3 Å². The number of fused-ring (bicyclic) bond motifs is 1. The molecule has 1 aromatic heterocycles. The Kier molecular flexibility index (Phi) is 4.73. The van der Waals surface area contributed by atoms with Crippen LogP contribution in [0.2, 0.25) is 0 Å². The van der Waals surface area contributed by atoms with Crippen LogP contribution in [0.25, 0.3) is 0 Å². The lowest BCUT2D eigenvalue weighted by atomic mass is 9.96. The normalized spacial score (nSPS) is 13.4. The molecule has 0 radical (unpaired) electrons. The van der Waals surface area contributed by atoms with Gasteiger partial charge < -0.3 is 4.84 Å². The zero-order valence-corrected chi connectivity index (χ0v) is 13.2. The average Bonchev–Trinajstić information content (AvgIpc) is 3.01. The van der Waals surface area contributed by atoms with Crippen LogP contribution in [-0.4, -0.2) is 18.7 Å². The molecule has 1 heterocycles. The number of aryl methyl sites for hydroxylation is 1. The van der Waals surface area contributed by atoms with Gasteiger partial charge in [-0.3, -0.25) is 0 Å². The summed E-state index contributed by atoms with van der Waals surface area (Å²) in [5.74, 6) is 1.01. The van der Waals surface area contributed by atoms with Gasteiger partial charge in [-0.25, -0.2) is 0 Å². The van der Waals surface area contributed by atoms with Gasteiger partial charge in [-0.05, 0) is 48.8 Å². The summed E-state index contributed by atoms with van der Waals surface area (Å²) in [7, 11) is 2.02. The van der Waals surface area contributed by atoms with Gasteiger partial charge in [0.25, 0.3) is 0 Å². The van der Waals surface area contributed by atoms with Crippen molar-refractivity contribution in [1.82, 2.24) is 5.06 Å². The minimum Gasteiger partial charge on any atom is -0.406 e. The van der Waals surface area contributed by atoms with Crippen LogP contribution in [-0.2, 0) is 19.3 Å². The number of nitrogens with zero attached hydrogens (tertiary/aromatic N) is 1. The molecular formula is C18H21NOS. The van der Waals surface area contributed by atoms with Crippen molar-refractivity contribution in [3.8, 4) is 5.75 Å². The smallest absolute Gasteiger partial charge is 0.151 e. The molecule has 0 unspecified atom stereocenters. The molecule has 2 nitrogen and oxygen atoms in total. The van der Waals surface area contributed by atoms with Crippen LogP contribution in [0, 0.1) is 0 Å². The lowest BCUT2D eigenvalue weighted by molar-refractivity contribution is -0.0330. The third kappa shape index (κ3) is 3.74. The molecule has 0 saturated heterocycles. The summed E-state index contributed by atoms with van der Waals surface area (Å²) in [6.45, 7) is 0.942. The van der Waals surface area contributed by atoms with Crippen LogP contribution in [0.5, 0.6) is 5.75 Å². The minimum atomic E-state index is 0.942. The van der Waals surface area contributed by atoms with E-state index < -0.39 is 0 Å². The molecular weight excluding hydrogens is 278 g/mol.